The van der Waals surface area contributed by atoms with Gasteiger partial charge >= 0.3 is 0 Å². The molecule has 0 atom stereocenters. The first-order valence-electron chi connectivity index (χ1n) is 12.8. The minimum atomic E-state index is 0.554. The molecule has 35 heavy (non-hydrogen) atoms. The smallest absolute Gasteiger partial charge is 0.184 e. The zero-order chi connectivity index (χ0) is 23.5. The molecule has 0 radical (unpaired) electrons. The standard InChI is InChI=1S/C28H31N5OS/c1-3-7-21(8-4-1)31-28-32-24-11-10-22(18-26(24)35-28)34-23-13-14-29-25(17-23)20-9-12-27(30-19-20)33-15-5-2-6-16-33/h9-14,17-19,21H,1-8,15-16H2,(H,31,32). The minimum absolute atomic E-state index is 0.554. The third-order valence-corrected chi connectivity index (χ3v) is 7.93. The van der Waals surface area contributed by atoms with Gasteiger partial charge in [-0.15, -0.1) is 0 Å². The highest BCUT2D eigenvalue weighted by molar-refractivity contribution is 7.22. The summed E-state index contributed by atoms with van der Waals surface area (Å²) in [7, 11) is 0. The zero-order valence-corrected chi connectivity index (χ0v) is 20.8. The maximum Gasteiger partial charge on any atom is 0.184 e. The lowest BCUT2D eigenvalue weighted by atomic mass is 9.96. The van der Waals surface area contributed by atoms with Gasteiger partial charge < -0.3 is 15.0 Å². The summed E-state index contributed by atoms with van der Waals surface area (Å²) < 4.78 is 7.35. The molecule has 0 bridgehead atoms. The Morgan fingerprint density at radius 3 is 2.51 bits per heavy atom. The molecule has 0 spiro atoms. The topological polar surface area (TPSA) is 63.2 Å². The molecule has 1 saturated heterocycles. The number of anilines is 2. The number of rotatable bonds is 6. The normalized spacial score (nSPS) is 17.0. The Labute approximate surface area is 210 Å². The van der Waals surface area contributed by atoms with Gasteiger partial charge in [0.25, 0.3) is 0 Å². The van der Waals surface area contributed by atoms with Crippen LogP contribution in [0.25, 0.3) is 21.5 Å². The summed E-state index contributed by atoms with van der Waals surface area (Å²) in [5.41, 5.74) is 2.86. The van der Waals surface area contributed by atoms with Gasteiger partial charge in [-0.3, -0.25) is 4.98 Å². The summed E-state index contributed by atoms with van der Waals surface area (Å²) >= 11 is 1.70. The van der Waals surface area contributed by atoms with Gasteiger partial charge in [-0.25, -0.2) is 9.97 Å². The van der Waals surface area contributed by atoms with Crippen LogP contribution in [0.2, 0.25) is 0 Å². The molecular weight excluding hydrogens is 454 g/mol. The highest BCUT2D eigenvalue weighted by Crippen LogP contribution is 2.33. The second-order valence-corrected chi connectivity index (χ2v) is 10.6. The Balaban J connectivity index is 1.15. The lowest BCUT2D eigenvalue weighted by Gasteiger charge is -2.27. The summed E-state index contributed by atoms with van der Waals surface area (Å²) in [6.07, 6.45) is 14.0. The fourth-order valence-corrected chi connectivity index (χ4v) is 6.04. The summed E-state index contributed by atoms with van der Waals surface area (Å²) in [5, 5.41) is 4.65. The lowest BCUT2D eigenvalue weighted by molar-refractivity contribution is 0.462. The molecule has 0 amide bonds. The average molecular weight is 486 g/mol. The van der Waals surface area contributed by atoms with Crippen molar-refractivity contribution in [2.45, 2.75) is 57.4 Å². The molecule has 4 aromatic rings. The van der Waals surface area contributed by atoms with Gasteiger partial charge in [0.15, 0.2) is 5.13 Å². The summed E-state index contributed by atoms with van der Waals surface area (Å²) in [6.45, 7) is 2.19. The molecule has 0 unspecified atom stereocenters. The van der Waals surface area contributed by atoms with Crippen LogP contribution in [0.4, 0.5) is 10.9 Å². The number of thiazole rings is 1. The van der Waals surface area contributed by atoms with Crippen molar-refractivity contribution < 1.29 is 4.74 Å². The fourth-order valence-electron chi connectivity index (χ4n) is 5.07. The minimum Gasteiger partial charge on any atom is -0.457 e. The Hall–Kier alpha value is -3.19. The Morgan fingerprint density at radius 1 is 0.857 bits per heavy atom. The van der Waals surface area contributed by atoms with Gasteiger partial charge in [-0.1, -0.05) is 30.6 Å². The van der Waals surface area contributed by atoms with E-state index in [9.17, 15) is 0 Å². The molecule has 180 valence electrons. The maximum absolute atomic E-state index is 6.22. The summed E-state index contributed by atoms with van der Waals surface area (Å²) in [4.78, 5) is 16.4. The van der Waals surface area contributed by atoms with Crippen molar-refractivity contribution in [1.29, 1.82) is 0 Å². The average Bonchev–Trinajstić information content (AvgIpc) is 3.31. The number of hydrogen-bond donors (Lipinski definition) is 1. The molecule has 1 saturated carbocycles. The number of pyridine rings is 2. The van der Waals surface area contributed by atoms with Gasteiger partial charge in [0.1, 0.15) is 17.3 Å². The molecule has 1 aliphatic carbocycles. The SMILES string of the molecule is c1cc(Oc2ccc3nc(NC4CCCCC4)sc3c2)cc(-c2ccc(N3CCCCC3)nc2)n1. The number of nitrogens with one attached hydrogen (secondary N) is 1. The van der Waals surface area contributed by atoms with E-state index in [1.165, 1.54) is 51.4 Å². The predicted octanol–water partition coefficient (Wildman–Crippen LogP) is 7.28. The first-order valence-corrected chi connectivity index (χ1v) is 13.6. The molecule has 1 aliphatic heterocycles. The number of benzene rings is 1. The van der Waals surface area contributed by atoms with E-state index in [1.54, 1.807) is 17.5 Å². The van der Waals surface area contributed by atoms with Crippen molar-refractivity contribution in [2.24, 2.45) is 0 Å². The van der Waals surface area contributed by atoms with Crippen molar-refractivity contribution in [1.82, 2.24) is 15.0 Å². The Morgan fingerprint density at radius 2 is 1.69 bits per heavy atom. The van der Waals surface area contributed by atoms with Crippen LogP contribution >= 0.6 is 11.3 Å². The van der Waals surface area contributed by atoms with Crippen molar-refractivity contribution >= 4 is 32.5 Å². The van der Waals surface area contributed by atoms with E-state index >= 15 is 0 Å². The van der Waals surface area contributed by atoms with Crippen molar-refractivity contribution in [3.8, 4) is 22.8 Å². The number of piperidine rings is 1. The number of fused-ring (bicyclic) bond motifs is 1. The second kappa shape index (κ2) is 10.2. The van der Waals surface area contributed by atoms with E-state index < -0.39 is 0 Å². The van der Waals surface area contributed by atoms with Crippen LogP contribution in [0.1, 0.15) is 51.4 Å². The van der Waals surface area contributed by atoms with Crippen LogP contribution in [0, 0.1) is 0 Å². The predicted molar refractivity (Wildman–Crippen MR) is 144 cm³/mol. The van der Waals surface area contributed by atoms with Gasteiger partial charge in [0.05, 0.1) is 15.9 Å². The monoisotopic (exact) mass is 485 g/mol. The maximum atomic E-state index is 6.22. The summed E-state index contributed by atoms with van der Waals surface area (Å²) in [5.74, 6) is 2.62. The lowest BCUT2D eigenvalue weighted by Crippen LogP contribution is -2.29. The molecule has 6 rings (SSSR count). The van der Waals surface area contributed by atoms with Crippen LogP contribution < -0.4 is 15.0 Å². The van der Waals surface area contributed by atoms with Crippen molar-refractivity contribution in [2.75, 3.05) is 23.3 Å². The second-order valence-electron chi connectivity index (χ2n) is 9.56. The van der Waals surface area contributed by atoms with Crippen molar-refractivity contribution in [3.05, 3.63) is 54.9 Å². The van der Waals surface area contributed by atoms with Gasteiger partial charge in [-0.05, 0) is 62.4 Å². The van der Waals surface area contributed by atoms with Gasteiger partial charge in [0, 0.05) is 49.2 Å². The van der Waals surface area contributed by atoms with E-state index in [1.807, 2.05) is 30.5 Å². The van der Waals surface area contributed by atoms with E-state index in [2.05, 4.69) is 33.4 Å². The zero-order valence-electron chi connectivity index (χ0n) is 19.9. The van der Waals surface area contributed by atoms with Crippen LogP contribution in [0.5, 0.6) is 11.5 Å². The van der Waals surface area contributed by atoms with Crippen LogP contribution in [0.3, 0.4) is 0 Å². The molecule has 7 heteroatoms. The number of nitrogens with zero attached hydrogens (tertiary/aromatic N) is 4. The Kier molecular flexibility index (Phi) is 6.49. The van der Waals surface area contributed by atoms with Gasteiger partial charge in [-0.2, -0.15) is 0 Å². The molecular formula is C28H31N5OS. The summed E-state index contributed by atoms with van der Waals surface area (Å²) in [6, 6.07) is 14.7. The van der Waals surface area contributed by atoms with E-state index in [0.29, 0.717) is 6.04 Å². The molecule has 1 N–H and O–H groups in total. The highest BCUT2D eigenvalue weighted by Gasteiger charge is 2.16. The van der Waals surface area contributed by atoms with Gasteiger partial charge in [0.2, 0.25) is 0 Å². The largest absolute Gasteiger partial charge is 0.457 e. The molecule has 2 fully saturated rings. The Bertz CT molecular complexity index is 1280. The van der Waals surface area contributed by atoms with Crippen LogP contribution in [0.15, 0.2) is 54.9 Å². The number of hydrogen-bond acceptors (Lipinski definition) is 7. The molecule has 1 aromatic carbocycles. The molecule has 3 aromatic heterocycles. The third kappa shape index (κ3) is 5.25. The van der Waals surface area contributed by atoms with Crippen molar-refractivity contribution in [3.63, 3.8) is 0 Å². The van der Waals surface area contributed by atoms with Crippen LogP contribution in [-0.2, 0) is 0 Å². The van der Waals surface area contributed by atoms with E-state index in [-0.39, 0.29) is 0 Å². The number of aromatic nitrogens is 3. The van der Waals surface area contributed by atoms with E-state index in [0.717, 1.165) is 57.0 Å². The fraction of sp³-hybridized carbons (Fsp3) is 0.393. The molecule has 2 aliphatic rings. The molecule has 4 heterocycles. The van der Waals surface area contributed by atoms with Crippen LogP contribution in [-0.4, -0.2) is 34.1 Å². The molecule has 6 nitrogen and oxygen atoms in total. The highest BCUT2D eigenvalue weighted by atomic mass is 32.1. The quantitative estimate of drug-likeness (QED) is 0.310. The first kappa shape index (κ1) is 22.3. The first-order chi connectivity index (χ1) is 17.3. The number of ether oxygens (including phenoxy) is 1. The van der Waals surface area contributed by atoms with E-state index in [4.69, 9.17) is 14.7 Å². The third-order valence-electron chi connectivity index (χ3n) is 6.98.